The van der Waals surface area contributed by atoms with Crippen molar-refractivity contribution in [2.45, 2.75) is 19.5 Å². The predicted molar refractivity (Wildman–Crippen MR) is 147 cm³/mol. The van der Waals surface area contributed by atoms with Gasteiger partial charge >= 0.3 is 0 Å². The molecule has 0 saturated carbocycles. The van der Waals surface area contributed by atoms with Crippen molar-refractivity contribution < 1.29 is 23.2 Å². The van der Waals surface area contributed by atoms with E-state index in [1.165, 1.54) is 11.6 Å². The van der Waals surface area contributed by atoms with Gasteiger partial charge in [0.1, 0.15) is 11.6 Å². The topological polar surface area (TPSA) is 60.9 Å². The average Bonchev–Trinajstić information content (AvgIpc) is 3.21. The Morgan fingerprint density at radius 2 is 1.69 bits per heavy atom. The van der Waals surface area contributed by atoms with Crippen LogP contribution in [0.2, 0.25) is 0 Å². The molecule has 2 saturated heterocycles. The van der Waals surface area contributed by atoms with E-state index in [4.69, 9.17) is 0 Å². The lowest BCUT2D eigenvalue weighted by Gasteiger charge is -2.38. The fourth-order valence-corrected chi connectivity index (χ4v) is 5.64. The van der Waals surface area contributed by atoms with Gasteiger partial charge in [-0.15, -0.1) is 0 Å². The highest BCUT2D eigenvalue weighted by Crippen LogP contribution is 2.34. The minimum atomic E-state index is -0.820. The van der Waals surface area contributed by atoms with Gasteiger partial charge in [0.15, 0.2) is 0 Å². The third kappa shape index (κ3) is 5.94. The third-order valence-electron chi connectivity index (χ3n) is 7.08. The molecule has 0 radical (unpaired) electrons. The van der Waals surface area contributed by atoms with Crippen molar-refractivity contribution in [2.75, 3.05) is 26.2 Å². The van der Waals surface area contributed by atoms with Gasteiger partial charge in [-0.05, 0) is 54.1 Å². The van der Waals surface area contributed by atoms with Crippen LogP contribution < -0.4 is 0 Å². The number of benzene rings is 3. The molecule has 1 unspecified atom stereocenters. The highest BCUT2D eigenvalue weighted by Gasteiger charge is 2.35. The molecule has 9 heteroatoms. The summed E-state index contributed by atoms with van der Waals surface area (Å²) in [5.74, 6) is -2.20. The number of amides is 3. The first-order valence-corrected chi connectivity index (χ1v) is 13.5. The summed E-state index contributed by atoms with van der Waals surface area (Å²) in [6, 6.07) is 20.5. The maximum Gasteiger partial charge on any atom is 0.293 e. The Morgan fingerprint density at radius 1 is 0.949 bits per heavy atom. The Bertz CT molecular complexity index is 1440. The smallest absolute Gasteiger partial charge is 0.293 e. The van der Waals surface area contributed by atoms with Gasteiger partial charge in [-0.2, -0.15) is 0 Å². The number of hydrogen-bond acceptors (Lipinski definition) is 5. The van der Waals surface area contributed by atoms with E-state index in [9.17, 15) is 23.2 Å². The zero-order chi connectivity index (χ0) is 27.5. The first-order chi connectivity index (χ1) is 18.8. The molecule has 0 aromatic heterocycles. The summed E-state index contributed by atoms with van der Waals surface area (Å²) >= 11 is 0.749. The molecule has 3 aromatic carbocycles. The molecule has 0 N–H and O–H groups in total. The predicted octanol–water partition coefficient (Wildman–Crippen LogP) is 5.72. The normalized spacial score (nSPS) is 18.2. The molecule has 3 aromatic rings. The number of nitrogens with zero attached hydrogens (tertiary/aromatic N) is 3. The SMILES string of the molecule is CC(c1ccccc1)N1CCN(C(=O)c2cccc(/C=C3\SC(=O)N(Cc4ccc(F)cc4F)C3=O)c2)CC1. The van der Waals surface area contributed by atoms with E-state index >= 15 is 0 Å². The molecule has 0 spiro atoms. The van der Waals surface area contributed by atoms with Crippen molar-refractivity contribution in [3.63, 3.8) is 0 Å². The van der Waals surface area contributed by atoms with Crippen LogP contribution >= 0.6 is 11.8 Å². The summed E-state index contributed by atoms with van der Waals surface area (Å²) in [6.07, 6.45) is 1.56. The second kappa shape index (κ2) is 11.5. The Balaban J connectivity index is 1.24. The van der Waals surface area contributed by atoms with Gasteiger partial charge in [-0.25, -0.2) is 8.78 Å². The molecule has 1 atom stereocenters. The van der Waals surface area contributed by atoms with Gasteiger partial charge in [-0.1, -0.05) is 48.5 Å². The van der Waals surface area contributed by atoms with Gasteiger partial charge in [0.2, 0.25) is 0 Å². The van der Waals surface area contributed by atoms with E-state index in [2.05, 4.69) is 24.0 Å². The first kappa shape index (κ1) is 26.8. The van der Waals surface area contributed by atoms with Crippen molar-refractivity contribution in [3.05, 3.63) is 112 Å². The van der Waals surface area contributed by atoms with E-state index in [1.54, 1.807) is 30.3 Å². The maximum atomic E-state index is 14.1. The van der Waals surface area contributed by atoms with Gasteiger partial charge in [-0.3, -0.25) is 24.2 Å². The van der Waals surface area contributed by atoms with E-state index in [0.29, 0.717) is 24.2 Å². The monoisotopic (exact) mass is 547 g/mol. The standard InChI is InChI=1S/C30H27F2N3O3S/c1-20(22-7-3-2-4-8-22)33-12-14-34(15-13-33)28(36)23-9-5-6-21(16-23)17-27-29(37)35(30(38)39-27)19-24-10-11-25(31)18-26(24)32/h2-11,16-18,20H,12-15,19H2,1H3/b27-17-. The second-order valence-electron chi connectivity index (χ2n) is 9.54. The van der Waals surface area contributed by atoms with Crippen molar-refractivity contribution in [1.82, 2.24) is 14.7 Å². The van der Waals surface area contributed by atoms with Crippen LogP contribution in [0.25, 0.3) is 6.08 Å². The first-order valence-electron chi connectivity index (χ1n) is 12.7. The molecule has 3 amide bonds. The van der Waals surface area contributed by atoms with Gasteiger partial charge in [0.05, 0.1) is 11.4 Å². The third-order valence-corrected chi connectivity index (χ3v) is 7.99. The summed E-state index contributed by atoms with van der Waals surface area (Å²) in [6.45, 7) is 4.64. The van der Waals surface area contributed by atoms with E-state index in [0.717, 1.165) is 41.9 Å². The lowest BCUT2D eigenvalue weighted by atomic mass is 10.1. The van der Waals surface area contributed by atoms with Gasteiger partial charge in [0, 0.05) is 49.4 Å². The molecular weight excluding hydrogens is 520 g/mol. The lowest BCUT2D eigenvalue weighted by molar-refractivity contribution is -0.123. The summed E-state index contributed by atoms with van der Waals surface area (Å²) in [4.78, 5) is 43.9. The van der Waals surface area contributed by atoms with E-state index in [-0.39, 0.29) is 29.0 Å². The van der Waals surface area contributed by atoms with Crippen LogP contribution in [0.3, 0.4) is 0 Å². The number of imide groups is 1. The highest BCUT2D eigenvalue weighted by molar-refractivity contribution is 8.18. The maximum absolute atomic E-state index is 14.1. The minimum absolute atomic E-state index is 0.0470. The van der Waals surface area contributed by atoms with E-state index < -0.39 is 22.8 Å². The van der Waals surface area contributed by atoms with Crippen LogP contribution in [0.15, 0.2) is 77.7 Å². The number of rotatable bonds is 6. The van der Waals surface area contributed by atoms with Crippen LogP contribution in [0, 0.1) is 11.6 Å². The quantitative estimate of drug-likeness (QED) is 0.370. The molecule has 39 heavy (non-hydrogen) atoms. The molecule has 2 aliphatic rings. The molecule has 5 rings (SSSR count). The molecule has 2 heterocycles. The lowest BCUT2D eigenvalue weighted by Crippen LogP contribution is -2.49. The molecule has 2 aliphatic heterocycles. The van der Waals surface area contributed by atoms with E-state index in [1.807, 2.05) is 23.1 Å². The Labute approximate surface area is 229 Å². The van der Waals surface area contributed by atoms with Gasteiger partial charge in [0.25, 0.3) is 17.1 Å². The fraction of sp³-hybridized carbons (Fsp3) is 0.233. The number of halogens is 2. The van der Waals surface area contributed by atoms with Crippen LogP contribution in [-0.2, 0) is 11.3 Å². The number of carbonyl (C=O) groups excluding carboxylic acids is 3. The zero-order valence-electron chi connectivity index (χ0n) is 21.3. The van der Waals surface area contributed by atoms with Crippen molar-refractivity contribution in [1.29, 1.82) is 0 Å². The molecule has 2 fully saturated rings. The summed E-state index contributed by atoms with van der Waals surface area (Å²) in [7, 11) is 0. The number of piperazine rings is 1. The Kier molecular flexibility index (Phi) is 7.90. The van der Waals surface area contributed by atoms with Gasteiger partial charge < -0.3 is 4.90 Å². The van der Waals surface area contributed by atoms with Crippen LogP contribution in [-0.4, -0.2) is 57.9 Å². The summed E-state index contributed by atoms with van der Waals surface area (Å²) < 4.78 is 27.3. The number of hydrogen-bond donors (Lipinski definition) is 0. The molecule has 0 aliphatic carbocycles. The largest absolute Gasteiger partial charge is 0.336 e. The van der Waals surface area contributed by atoms with Crippen molar-refractivity contribution in [2.24, 2.45) is 0 Å². The highest BCUT2D eigenvalue weighted by atomic mass is 32.2. The molecule has 200 valence electrons. The Hall–Kier alpha value is -3.82. The minimum Gasteiger partial charge on any atom is -0.336 e. The second-order valence-corrected chi connectivity index (χ2v) is 10.5. The van der Waals surface area contributed by atoms with Crippen LogP contribution in [0.1, 0.15) is 40.0 Å². The van der Waals surface area contributed by atoms with Crippen LogP contribution in [0.5, 0.6) is 0 Å². The number of carbonyl (C=O) groups is 3. The average molecular weight is 548 g/mol. The zero-order valence-corrected chi connectivity index (χ0v) is 22.2. The molecular formula is C30H27F2N3O3S. The van der Waals surface area contributed by atoms with Crippen molar-refractivity contribution in [3.8, 4) is 0 Å². The molecule has 0 bridgehead atoms. The Morgan fingerprint density at radius 3 is 2.41 bits per heavy atom. The fourth-order valence-electron chi connectivity index (χ4n) is 4.81. The summed E-state index contributed by atoms with van der Waals surface area (Å²) in [5, 5.41) is -0.537. The number of thioether (sulfide) groups is 1. The van der Waals surface area contributed by atoms with Crippen LogP contribution in [0.4, 0.5) is 13.6 Å². The van der Waals surface area contributed by atoms with Crippen molar-refractivity contribution >= 4 is 34.9 Å². The summed E-state index contributed by atoms with van der Waals surface area (Å²) in [5.41, 5.74) is 2.40. The molecule has 6 nitrogen and oxygen atoms in total.